The maximum absolute atomic E-state index is 12.7. The van der Waals surface area contributed by atoms with Crippen molar-refractivity contribution in [3.8, 4) is 5.75 Å². The van der Waals surface area contributed by atoms with Gasteiger partial charge >= 0.3 is 6.18 Å². The normalized spacial score (nSPS) is 11.6. The number of rotatable bonds is 3. The molecule has 0 unspecified atom stereocenters. The molecule has 0 spiro atoms. The van der Waals surface area contributed by atoms with Crippen molar-refractivity contribution in [3.05, 3.63) is 47.8 Å². The molecule has 1 heterocycles. The van der Waals surface area contributed by atoms with E-state index in [2.05, 4.69) is 5.10 Å². The van der Waals surface area contributed by atoms with E-state index in [9.17, 15) is 13.2 Å². The highest BCUT2D eigenvalue weighted by atomic mass is 19.4. The highest BCUT2D eigenvalue weighted by Crippen LogP contribution is 2.32. The molecule has 0 aliphatic heterocycles. The first-order valence-electron chi connectivity index (χ1n) is 5.23. The number of alkyl halides is 3. The number of benzene rings is 1. The van der Waals surface area contributed by atoms with Crippen LogP contribution in [0.5, 0.6) is 5.75 Å². The van der Waals surface area contributed by atoms with Gasteiger partial charge in [-0.3, -0.25) is 4.68 Å². The molecule has 96 valence electrons. The van der Waals surface area contributed by atoms with Gasteiger partial charge in [0.25, 0.3) is 0 Å². The summed E-state index contributed by atoms with van der Waals surface area (Å²) >= 11 is 0. The van der Waals surface area contributed by atoms with Crippen LogP contribution < -0.4 is 4.74 Å². The third-order valence-electron chi connectivity index (χ3n) is 2.40. The molecular weight excluding hydrogens is 245 g/mol. The van der Waals surface area contributed by atoms with Gasteiger partial charge in [-0.2, -0.15) is 18.3 Å². The minimum absolute atomic E-state index is 0.105. The zero-order chi connectivity index (χ0) is 13.2. The first kappa shape index (κ1) is 12.5. The molecule has 0 fully saturated rings. The molecule has 2 rings (SSSR count). The van der Waals surface area contributed by atoms with Crippen molar-refractivity contribution >= 4 is 0 Å². The van der Waals surface area contributed by atoms with Crippen LogP contribution in [0.3, 0.4) is 0 Å². The van der Waals surface area contributed by atoms with E-state index in [0.717, 1.165) is 6.07 Å². The van der Waals surface area contributed by atoms with Crippen LogP contribution in [0.15, 0.2) is 36.7 Å². The van der Waals surface area contributed by atoms with Crippen molar-refractivity contribution in [2.24, 2.45) is 7.05 Å². The zero-order valence-electron chi connectivity index (χ0n) is 9.61. The average molecular weight is 256 g/mol. The van der Waals surface area contributed by atoms with E-state index in [0.29, 0.717) is 5.75 Å². The molecule has 6 heteroatoms. The fourth-order valence-corrected chi connectivity index (χ4v) is 1.56. The molecule has 0 saturated heterocycles. The van der Waals surface area contributed by atoms with E-state index in [1.54, 1.807) is 19.3 Å². The number of aromatic nitrogens is 2. The van der Waals surface area contributed by atoms with Gasteiger partial charge in [0.2, 0.25) is 0 Å². The van der Waals surface area contributed by atoms with Crippen LogP contribution >= 0.6 is 0 Å². The van der Waals surface area contributed by atoms with Gasteiger partial charge in [0.1, 0.15) is 6.61 Å². The molecule has 1 aromatic heterocycles. The Kier molecular flexibility index (Phi) is 3.27. The standard InChI is InChI=1S/C12H11F3N2O/c1-17-7-10(6-16-17)18-8-9-4-2-3-5-11(9)12(13,14)15/h2-7H,8H2,1H3. The van der Waals surface area contributed by atoms with E-state index in [4.69, 9.17) is 4.74 Å². The largest absolute Gasteiger partial charge is 0.486 e. The quantitative estimate of drug-likeness (QED) is 0.844. The number of hydrogen-bond acceptors (Lipinski definition) is 2. The molecule has 0 amide bonds. The van der Waals surface area contributed by atoms with Crippen LogP contribution in [0.25, 0.3) is 0 Å². The lowest BCUT2D eigenvalue weighted by Crippen LogP contribution is -2.10. The number of ether oxygens (including phenoxy) is 1. The van der Waals surface area contributed by atoms with Crippen LogP contribution in [-0.2, 0) is 19.8 Å². The van der Waals surface area contributed by atoms with Crippen LogP contribution in [0.1, 0.15) is 11.1 Å². The van der Waals surface area contributed by atoms with Gasteiger partial charge in [-0.1, -0.05) is 18.2 Å². The summed E-state index contributed by atoms with van der Waals surface area (Å²) in [5, 5.41) is 3.87. The summed E-state index contributed by atoms with van der Waals surface area (Å²) in [6.07, 6.45) is -1.32. The number of nitrogens with zero attached hydrogens (tertiary/aromatic N) is 2. The number of halogens is 3. The zero-order valence-corrected chi connectivity index (χ0v) is 9.61. The third kappa shape index (κ3) is 2.82. The van der Waals surface area contributed by atoms with Gasteiger partial charge in [0.15, 0.2) is 5.75 Å². The smallest absolute Gasteiger partial charge is 0.416 e. The second-order valence-corrected chi connectivity index (χ2v) is 3.79. The minimum atomic E-state index is -4.37. The molecule has 0 saturated carbocycles. The summed E-state index contributed by atoms with van der Waals surface area (Å²) in [6, 6.07) is 5.36. The molecule has 0 aliphatic rings. The molecule has 0 N–H and O–H groups in total. The van der Waals surface area contributed by atoms with E-state index < -0.39 is 11.7 Å². The van der Waals surface area contributed by atoms with Gasteiger partial charge in [0, 0.05) is 12.6 Å². The molecule has 1 aromatic carbocycles. The van der Waals surface area contributed by atoms with Gasteiger partial charge in [-0.25, -0.2) is 0 Å². The predicted octanol–water partition coefficient (Wildman–Crippen LogP) is 3.02. The van der Waals surface area contributed by atoms with Crippen LogP contribution in [-0.4, -0.2) is 9.78 Å². The average Bonchev–Trinajstić information content (AvgIpc) is 2.72. The summed E-state index contributed by atoms with van der Waals surface area (Å²) in [6.45, 7) is -0.138. The Morgan fingerprint density at radius 3 is 2.61 bits per heavy atom. The molecule has 3 nitrogen and oxygen atoms in total. The summed E-state index contributed by atoms with van der Waals surface area (Å²) in [5.74, 6) is 0.439. The third-order valence-corrected chi connectivity index (χ3v) is 2.40. The molecule has 0 atom stereocenters. The Morgan fingerprint density at radius 2 is 2.00 bits per heavy atom. The molecule has 18 heavy (non-hydrogen) atoms. The Labute approximate surface area is 102 Å². The fraction of sp³-hybridized carbons (Fsp3) is 0.250. The van der Waals surface area contributed by atoms with Crippen molar-refractivity contribution < 1.29 is 17.9 Å². The van der Waals surface area contributed by atoms with Crippen molar-refractivity contribution in [2.45, 2.75) is 12.8 Å². The maximum atomic E-state index is 12.7. The van der Waals surface area contributed by atoms with E-state index >= 15 is 0 Å². The van der Waals surface area contributed by atoms with Crippen molar-refractivity contribution in [3.63, 3.8) is 0 Å². The lowest BCUT2D eigenvalue weighted by Gasteiger charge is -2.12. The summed E-state index contributed by atoms with van der Waals surface area (Å²) in [4.78, 5) is 0. The monoisotopic (exact) mass is 256 g/mol. The van der Waals surface area contributed by atoms with E-state index in [1.807, 2.05) is 0 Å². The van der Waals surface area contributed by atoms with Crippen molar-refractivity contribution in [1.82, 2.24) is 9.78 Å². The molecule has 2 aromatic rings. The predicted molar refractivity (Wildman–Crippen MR) is 59.0 cm³/mol. The highest BCUT2D eigenvalue weighted by Gasteiger charge is 2.32. The van der Waals surface area contributed by atoms with E-state index in [-0.39, 0.29) is 12.2 Å². The van der Waals surface area contributed by atoms with Crippen LogP contribution in [0.2, 0.25) is 0 Å². The topological polar surface area (TPSA) is 27.1 Å². The lowest BCUT2D eigenvalue weighted by atomic mass is 10.1. The Hall–Kier alpha value is -1.98. The second kappa shape index (κ2) is 4.72. The fourth-order valence-electron chi connectivity index (χ4n) is 1.56. The Balaban J connectivity index is 2.14. The summed E-state index contributed by atoms with van der Waals surface area (Å²) in [5.41, 5.74) is -0.567. The van der Waals surface area contributed by atoms with Gasteiger partial charge in [-0.05, 0) is 6.07 Å². The SMILES string of the molecule is Cn1cc(OCc2ccccc2C(F)(F)F)cn1. The van der Waals surface area contributed by atoms with Gasteiger partial charge in [0.05, 0.1) is 18.0 Å². The number of hydrogen-bond donors (Lipinski definition) is 0. The van der Waals surface area contributed by atoms with E-state index in [1.165, 1.54) is 23.0 Å². The molecular formula is C12H11F3N2O. The van der Waals surface area contributed by atoms with Crippen LogP contribution in [0, 0.1) is 0 Å². The van der Waals surface area contributed by atoms with Gasteiger partial charge in [-0.15, -0.1) is 0 Å². The first-order valence-corrected chi connectivity index (χ1v) is 5.23. The summed E-state index contributed by atoms with van der Waals surface area (Å²) in [7, 11) is 1.70. The highest BCUT2D eigenvalue weighted by molar-refractivity contribution is 5.29. The second-order valence-electron chi connectivity index (χ2n) is 3.79. The van der Waals surface area contributed by atoms with Crippen molar-refractivity contribution in [2.75, 3.05) is 0 Å². The molecule has 0 aliphatic carbocycles. The van der Waals surface area contributed by atoms with Gasteiger partial charge < -0.3 is 4.74 Å². The first-order chi connectivity index (χ1) is 8.47. The minimum Gasteiger partial charge on any atom is -0.486 e. The Morgan fingerprint density at radius 1 is 1.28 bits per heavy atom. The lowest BCUT2D eigenvalue weighted by molar-refractivity contribution is -0.138. The molecule has 0 bridgehead atoms. The maximum Gasteiger partial charge on any atom is 0.416 e. The van der Waals surface area contributed by atoms with Crippen LogP contribution in [0.4, 0.5) is 13.2 Å². The Bertz CT molecular complexity index is 534. The summed E-state index contributed by atoms with van der Waals surface area (Å²) < 4.78 is 44.9. The van der Waals surface area contributed by atoms with Crippen molar-refractivity contribution in [1.29, 1.82) is 0 Å². The number of aryl methyl sites for hydroxylation is 1. The molecule has 0 radical (unpaired) electrons.